The number of rotatable bonds is 5. The molecule has 0 amide bonds. The second-order valence-corrected chi connectivity index (χ2v) is 7.84. The average Bonchev–Trinajstić information content (AvgIpc) is 2.40. The van der Waals surface area contributed by atoms with E-state index in [4.69, 9.17) is 11.6 Å². The zero-order chi connectivity index (χ0) is 12.0. The van der Waals surface area contributed by atoms with Crippen molar-refractivity contribution in [3.8, 4) is 0 Å². The summed E-state index contributed by atoms with van der Waals surface area (Å²) < 4.78 is 23.2. The molecule has 0 aromatic rings. The van der Waals surface area contributed by atoms with E-state index in [0.717, 1.165) is 32.1 Å². The molecule has 2 atom stereocenters. The van der Waals surface area contributed by atoms with Crippen molar-refractivity contribution in [1.29, 1.82) is 0 Å². The van der Waals surface area contributed by atoms with Crippen LogP contribution in [0.3, 0.4) is 0 Å². The van der Waals surface area contributed by atoms with E-state index in [1.54, 1.807) is 0 Å². The van der Waals surface area contributed by atoms with Gasteiger partial charge in [-0.25, -0.2) is 8.42 Å². The molecule has 1 aliphatic carbocycles. The highest BCUT2D eigenvalue weighted by atomic mass is 35.5. The molecular weight excluding hydrogens is 244 g/mol. The Bertz CT molecular complexity index is 287. The molecule has 0 aromatic heterocycles. The van der Waals surface area contributed by atoms with Crippen molar-refractivity contribution in [1.82, 2.24) is 0 Å². The van der Waals surface area contributed by atoms with Gasteiger partial charge in [0, 0.05) is 11.1 Å². The van der Waals surface area contributed by atoms with Crippen LogP contribution in [-0.2, 0) is 9.84 Å². The molecular formula is C12H23ClO2S. The summed E-state index contributed by atoms with van der Waals surface area (Å²) in [5.41, 5.74) is 0. The summed E-state index contributed by atoms with van der Waals surface area (Å²) in [6, 6.07) is 0. The zero-order valence-electron chi connectivity index (χ0n) is 10.1. The van der Waals surface area contributed by atoms with Gasteiger partial charge in [0.05, 0.1) is 5.75 Å². The number of sulfone groups is 1. The fourth-order valence-corrected chi connectivity index (χ4v) is 4.34. The molecule has 0 aliphatic heterocycles. The number of hydrogen-bond acceptors (Lipinski definition) is 2. The van der Waals surface area contributed by atoms with E-state index in [0.29, 0.717) is 17.4 Å². The predicted molar refractivity (Wildman–Crippen MR) is 69.8 cm³/mol. The third-order valence-electron chi connectivity index (χ3n) is 3.32. The first kappa shape index (κ1) is 14.3. The number of hydrogen-bond donors (Lipinski definition) is 0. The highest BCUT2D eigenvalue weighted by molar-refractivity contribution is 7.91. The van der Waals surface area contributed by atoms with Gasteiger partial charge in [0.1, 0.15) is 9.84 Å². The molecule has 1 saturated carbocycles. The Labute approximate surface area is 105 Å². The molecule has 1 rings (SSSR count). The van der Waals surface area contributed by atoms with Crippen molar-refractivity contribution >= 4 is 21.4 Å². The Morgan fingerprint density at radius 1 is 1.19 bits per heavy atom. The van der Waals surface area contributed by atoms with Crippen molar-refractivity contribution in [2.75, 3.05) is 11.5 Å². The van der Waals surface area contributed by atoms with Crippen LogP contribution < -0.4 is 0 Å². The van der Waals surface area contributed by atoms with Crippen LogP contribution in [-0.4, -0.2) is 25.3 Å². The third-order valence-corrected chi connectivity index (χ3v) is 5.61. The van der Waals surface area contributed by atoms with Gasteiger partial charge in [-0.3, -0.25) is 0 Å². The Morgan fingerprint density at radius 3 is 2.56 bits per heavy atom. The highest BCUT2D eigenvalue weighted by Gasteiger charge is 2.20. The van der Waals surface area contributed by atoms with Gasteiger partial charge in [0.15, 0.2) is 0 Å². The van der Waals surface area contributed by atoms with Crippen LogP contribution in [0.1, 0.15) is 51.9 Å². The van der Waals surface area contributed by atoms with Crippen LogP contribution in [0.25, 0.3) is 0 Å². The van der Waals surface area contributed by atoms with Crippen molar-refractivity contribution in [3.63, 3.8) is 0 Å². The monoisotopic (exact) mass is 266 g/mol. The Hall–Kier alpha value is 0.240. The minimum absolute atomic E-state index is 0.265. The largest absolute Gasteiger partial charge is 0.229 e. The van der Waals surface area contributed by atoms with Gasteiger partial charge in [0.2, 0.25) is 0 Å². The maximum absolute atomic E-state index is 11.6. The Morgan fingerprint density at radius 2 is 1.88 bits per heavy atom. The Kier molecular flexibility index (Phi) is 6.12. The molecule has 0 radical (unpaired) electrons. The summed E-state index contributed by atoms with van der Waals surface area (Å²) >= 11 is 6.18. The Balaban J connectivity index is 2.36. The summed E-state index contributed by atoms with van der Waals surface area (Å²) in [5, 5.41) is 0.265. The number of halogens is 1. The average molecular weight is 267 g/mol. The minimum atomic E-state index is -2.80. The maximum atomic E-state index is 11.6. The van der Waals surface area contributed by atoms with Gasteiger partial charge in [-0.2, -0.15) is 0 Å². The van der Waals surface area contributed by atoms with E-state index in [1.807, 2.05) is 6.92 Å². The molecule has 0 spiro atoms. The summed E-state index contributed by atoms with van der Waals surface area (Å²) in [6.45, 7) is 1.91. The van der Waals surface area contributed by atoms with Crippen LogP contribution in [0.15, 0.2) is 0 Å². The van der Waals surface area contributed by atoms with Crippen LogP contribution in [0, 0.1) is 5.92 Å². The van der Waals surface area contributed by atoms with Crippen LogP contribution in [0.4, 0.5) is 0 Å². The van der Waals surface area contributed by atoms with Gasteiger partial charge in [-0.1, -0.05) is 26.2 Å². The van der Waals surface area contributed by atoms with Crippen molar-refractivity contribution in [2.24, 2.45) is 5.92 Å². The highest BCUT2D eigenvalue weighted by Crippen LogP contribution is 2.29. The molecule has 0 aromatic carbocycles. The quantitative estimate of drug-likeness (QED) is 0.565. The van der Waals surface area contributed by atoms with E-state index in [1.165, 1.54) is 12.8 Å². The second-order valence-electron chi connectivity index (χ2n) is 4.92. The van der Waals surface area contributed by atoms with E-state index < -0.39 is 9.84 Å². The molecule has 1 aliphatic rings. The maximum Gasteiger partial charge on any atom is 0.150 e. The summed E-state index contributed by atoms with van der Waals surface area (Å²) in [4.78, 5) is 0. The second kappa shape index (κ2) is 6.85. The molecule has 4 heteroatoms. The van der Waals surface area contributed by atoms with E-state index in [2.05, 4.69) is 0 Å². The van der Waals surface area contributed by atoms with Gasteiger partial charge in [-0.15, -0.1) is 11.6 Å². The molecule has 0 bridgehead atoms. The molecule has 2 unspecified atom stereocenters. The first-order valence-electron chi connectivity index (χ1n) is 6.38. The fourth-order valence-electron chi connectivity index (χ4n) is 2.42. The fraction of sp³-hybridized carbons (Fsp3) is 1.00. The van der Waals surface area contributed by atoms with Gasteiger partial charge in [-0.05, 0) is 31.6 Å². The van der Waals surface area contributed by atoms with Gasteiger partial charge >= 0.3 is 0 Å². The smallest absolute Gasteiger partial charge is 0.150 e. The summed E-state index contributed by atoms with van der Waals surface area (Å²) in [6.07, 6.45) is 7.21. The third kappa shape index (κ3) is 5.53. The molecule has 1 fully saturated rings. The van der Waals surface area contributed by atoms with Gasteiger partial charge < -0.3 is 0 Å². The van der Waals surface area contributed by atoms with E-state index in [9.17, 15) is 8.42 Å². The van der Waals surface area contributed by atoms with Crippen LogP contribution in [0.2, 0.25) is 0 Å². The first-order chi connectivity index (χ1) is 7.53. The molecule has 2 nitrogen and oxygen atoms in total. The zero-order valence-corrected chi connectivity index (χ0v) is 11.7. The number of alkyl halides is 1. The SMILES string of the molecule is CCCS(=O)(=O)CCC1CCCCC(Cl)C1. The van der Waals surface area contributed by atoms with E-state index >= 15 is 0 Å². The van der Waals surface area contributed by atoms with Crippen LogP contribution >= 0.6 is 11.6 Å². The lowest BCUT2D eigenvalue weighted by molar-refractivity contribution is 0.447. The molecule has 96 valence electrons. The minimum Gasteiger partial charge on any atom is -0.229 e. The predicted octanol–water partition coefficient (Wildman–Crippen LogP) is 3.39. The molecule has 0 saturated heterocycles. The molecule has 0 heterocycles. The molecule has 0 N–H and O–H groups in total. The lowest BCUT2D eigenvalue weighted by atomic mass is 9.98. The van der Waals surface area contributed by atoms with Crippen molar-refractivity contribution in [3.05, 3.63) is 0 Å². The summed E-state index contributed by atoms with van der Waals surface area (Å²) in [7, 11) is -2.80. The summed E-state index contributed by atoms with van der Waals surface area (Å²) in [5.74, 6) is 1.22. The van der Waals surface area contributed by atoms with Crippen molar-refractivity contribution < 1.29 is 8.42 Å². The molecule has 16 heavy (non-hydrogen) atoms. The van der Waals surface area contributed by atoms with Crippen molar-refractivity contribution in [2.45, 2.75) is 57.2 Å². The van der Waals surface area contributed by atoms with Gasteiger partial charge in [0.25, 0.3) is 0 Å². The topological polar surface area (TPSA) is 34.1 Å². The first-order valence-corrected chi connectivity index (χ1v) is 8.64. The standard InChI is InChI=1S/C12H23ClO2S/c1-2-8-16(14,15)9-7-11-5-3-4-6-12(13)10-11/h11-12H,2-10H2,1H3. The lowest BCUT2D eigenvalue weighted by Crippen LogP contribution is -2.15. The van der Waals surface area contributed by atoms with Crippen LogP contribution in [0.5, 0.6) is 0 Å². The lowest BCUT2D eigenvalue weighted by Gasteiger charge is -2.15. The normalized spacial score (nSPS) is 27.6. The van der Waals surface area contributed by atoms with E-state index in [-0.39, 0.29) is 5.38 Å².